The van der Waals surface area contributed by atoms with Gasteiger partial charge in [0.1, 0.15) is 0 Å². The minimum Gasteiger partial charge on any atom is -0.389 e. The van der Waals surface area contributed by atoms with E-state index in [0.29, 0.717) is 38.1 Å². The van der Waals surface area contributed by atoms with Gasteiger partial charge in [-0.25, -0.2) is 0 Å². The summed E-state index contributed by atoms with van der Waals surface area (Å²) in [4.78, 5) is 14.7. The maximum Gasteiger partial charge on any atom is 0.222 e. The van der Waals surface area contributed by atoms with Gasteiger partial charge in [0.2, 0.25) is 5.91 Å². The van der Waals surface area contributed by atoms with Crippen LogP contribution in [0.25, 0.3) is 0 Å². The van der Waals surface area contributed by atoms with Crippen molar-refractivity contribution in [3.8, 4) is 0 Å². The molecule has 6 nitrogen and oxygen atoms in total. The zero-order chi connectivity index (χ0) is 19.3. The average Bonchev–Trinajstić information content (AvgIpc) is 3.50. The molecule has 0 aromatic carbocycles. The second kappa shape index (κ2) is 9.88. The Balaban J connectivity index is 1.32. The molecule has 0 aromatic rings. The predicted molar refractivity (Wildman–Crippen MR) is 107 cm³/mol. The number of nitrogens with one attached hydrogen (secondary N) is 1. The second-order valence-corrected chi connectivity index (χ2v) is 9.54. The summed E-state index contributed by atoms with van der Waals surface area (Å²) in [5, 5.41) is 13.4. The molecule has 2 N–H and O–H groups in total. The molecule has 0 bridgehead atoms. The molecular weight excluding hydrogens is 356 g/mol. The first-order chi connectivity index (χ1) is 13.7. The van der Waals surface area contributed by atoms with E-state index >= 15 is 0 Å². The number of ether oxygens (including phenoxy) is 2. The van der Waals surface area contributed by atoms with Gasteiger partial charge in [0.05, 0.1) is 37.9 Å². The van der Waals surface area contributed by atoms with E-state index in [4.69, 9.17) is 9.47 Å². The Morgan fingerprint density at radius 3 is 2.61 bits per heavy atom. The fraction of sp³-hybridized carbons (Fsp3) is 0.955. The van der Waals surface area contributed by atoms with Crippen molar-refractivity contribution in [1.29, 1.82) is 0 Å². The molecular formula is C22H38N2O4. The number of hydrogen-bond donors (Lipinski definition) is 2. The minimum absolute atomic E-state index is 0.00562. The van der Waals surface area contributed by atoms with E-state index in [0.717, 1.165) is 31.8 Å². The van der Waals surface area contributed by atoms with Crippen molar-refractivity contribution < 1.29 is 19.4 Å². The summed E-state index contributed by atoms with van der Waals surface area (Å²) in [5.41, 5.74) is 0. The number of β-amino-alcohol motifs (C(OH)–C–C–N with tert-alkyl or cyclic N) is 1. The number of nitrogens with zero attached hydrogens (tertiary/aromatic N) is 1. The molecule has 0 aromatic heterocycles. The van der Waals surface area contributed by atoms with E-state index in [1.807, 2.05) is 0 Å². The van der Waals surface area contributed by atoms with Crippen LogP contribution in [0.5, 0.6) is 0 Å². The van der Waals surface area contributed by atoms with E-state index in [2.05, 4.69) is 10.2 Å². The minimum atomic E-state index is -0.421. The van der Waals surface area contributed by atoms with Crippen LogP contribution in [0.4, 0.5) is 0 Å². The van der Waals surface area contributed by atoms with Crippen molar-refractivity contribution in [1.82, 2.24) is 10.2 Å². The fourth-order valence-corrected chi connectivity index (χ4v) is 5.22. The van der Waals surface area contributed by atoms with Gasteiger partial charge < -0.3 is 19.9 Å². The van der Waals surface area contributed by atoms with Crippen molar-refractivity contribution in [3.05, 3.63) is 0 Å². The van der Waals surface area contributed by atoms with E-state index in [1.165, 1.54) is 44.9 Å². The Hall–Kier alpha value is -0.690. The van der Waals surface area contributed by atoms with Crippen LogP contribution in [0.1, 0.15) is 64.2 Å². The Labute approximate surface area is 169 Å². The van der Waals surface area contributed by atoms with Gasteiger partial charge in [0.25, 0.3) is 0 Å². The molecule has 0 radical (unpaired) electrons. The fourth-order valence-electron chi connectivity index (χ4n) is 5.22. The molecule has 2 saturated carbocycles. The summed E-state index contributed by atoms with van der Waals surface area (Å²) < 4.78 is 12.1. The maximum absolute atomic E-state index is 12.2. The SMILES string of the molecule is O=C(C[C@@H]1CC[C@H]2[C@@H](COC[C@H](O)CN2CC2CCCCC2)O1)NCC1CC1. The zero-order valence-electron chi connectivity index (χ0n) is 17.2. The van der Waals surface area contributed by atoms with E-state index in [1.54, 1.807) is 0 Å². The summed E-state index contributed by atoms with van der Waals surface area (Å²) in [6.45, 7) is 3.46. The smallest absolute Gasteiger partial charge is 0.222 e. The van der Waals surface area contributed by atoms with Crippen LogP contribution >= 0.6 is 0 Å². The summed E-state index contributed by atoms with van der Waals surface area (Å²) >= 11 is 0. The first-order valence-electron chi connectivity index (χ1n) is 11.6. The number of aliphatic hydroxyl groups is 1. The topological polar surface area (TPSA) is 71.0 Å². The molecule has 28 heavy (non-hydrogen) atoms. The largest absolute Gasteiger partial charge is 0.389 e. The van der Waals surface area contributed by atoms with Crippen molar-refractivity contribution >= 4 is 5.91 Å². The Bertz CT molecular complexity index is 507. The van der Waals surface area contributed by atoms with Crippen LogP contribution in [0.2, 0.25) is 0 Å². The Kier molecular flexibility index (Phi) is 7.26. The normalized spacial score (nSPS) is 35.6. The van der Waals surface area contributed by atoms with Gasteiger partial charge in [-0.3, -0.25) is 9.69 Å². The van der Waals surface area contributed by atoms with Crippen LogP contribution in [0.3, 0.4) is 0 Å². The average molecular weight is 395 g/mol. The van der Waals surface area contributed by atoms with Crippen molar-refractivity contribution in [2.75, 3.05) is 32.8 Å². The highest BCUT2D eigenvalue weighted by atomic mass is 16.5. The number of fused-ring (bicyclic) bond motifs is 1. The van der Waals surface area contributed by atoms with Gasteiger partial charge in [0, 0.05) is 25.7 Å². The van der Waals surface area contributed by atoms with Gasteiger partial charge in [-0.15, -0.1) is 0 Å². The van der Waals surface area contributed by atoms with Crippen molar-refractivity contribution in [2.45, 2.75) is 88.6 Å². The van der Waals surface area contributed by atoms with Gasteiger partial charge in [-0.2, -0.15) is 0 Å². The number of carbonyl (C=O) groups excluding carboxylic acids is 1. The van der Waals surface area contributed by atoms with E-state index < -0.39 is 6.10 Å². The lowest BCUT2D eigenvalue weighted by Crippen LogP contribution is -2.56. The van der Waals surface area contributed by atoms with Crippen LogP contribution in [0, 0.1) is 11.8 Å². The predicted octanol–water partition coefficient (Wildman–Crippen LogP) is 2.09. The standard InChI is InChI=1S/C22H38N2O4/c25-18-13-24(12-17-4-2-1-3-5-17)20-9-8-19(28-21(20)15-27-14-18)10-22(26)23-11-16-6-7-16/h16-21,25H,1-15H2,(H,23,26)/t18-,19+,20+,21-/m1/s1. The van der Waals surface area contributed by atoms with Crippen molar-refractivity contribution in [3.63, 3.8) is 0 Å². The van der Waals surface area contributed by atoms with Crippen LogP contribution in [-0.4, -0.2) is 73.1 Å². The maximum atomic E-state index is 12.2. The number of aliphatic hydroxyl groups excluding tert-OH is 1. The molecule has 1 amide bonds. The highest BCUT2D eigenvalue weighted by Crippen LogP contribution is 2.31. The third-order valence-electron chi connectivity index (χ3n) is 7.00. The molecule has 2 heterocycles. The number of amides is 1. The molecule has 2 saturated heterocycles. The summed E-state index contributed by atoms with van der Waals surface area (Å²) in [6.07, 6.45) is 11.1. The highest BCUT2D eigenvalue weighted by molar-refractivity contribution is 5.76. The summed E-state index contributed by atoms with van der Waals surface area (Å²) in [6, 6.07) is 0.294. The summed E-state index contributed by atoms with van der Waals surface area (Å²) in [7, 11) is 0. The molecule has 0 spiro atoms. The van der Waals surface area contributed by atoms with Gasteiger partial charge >= 0.3 is 0 Å². The Morgan fingerprint density at radius 1 is 1.00 bits per heavy atom. The van der Waals surface area contributed by atoms with Gasteiger partial charge in [-0.1, -0.05) is 19.3 Å². The Morgan fingerprint density at radius 2 is 1.82 bits per heavy atom. The summed E-state index contributed by atoms with van der Waals surface area (Å²) in [5.74, 6) is 1.57. The molecule has 4 atom stereocenters. The third kappa shape index (κ3) is 5.91. The molecule has 2 aliphatic heterocycles. The molecule has 160 valence electrons. The quantitative estimate of drug-likeness (QED) is 0.722. The number of carbonyl (C=O) groups is 1. The molecule has 6 heteroatoms. The van der Waals surface area contributed by atoms with Crippen LogP contribution < -0.4 is 5.32 Å². The lowest BCUT2D eigenvalue weighted by Gasteiger charge is -2.45. The van der Waals surface area contributed by atoms with E-state index in [-0.39, 0.29) is 18.1 Å². The molecule has 4 fully saturated rings. The number of rotatable bonds is 6. The van der Waals surface area contributed by atoms with Gasteiger partial charge in [-0.05, 0) is 50.4 Å². The third-order valence-corrected chi connectivity index (χ3v) is 7.00. The van der Waals surface area contributed by atoms with Crippen LogP contribution in [-0.2, 0) is 14.3 Å². The zero-order valence-corrected chi connectivity index (χ0v) is 17.2. The second-order valence-electron chi connectivity index (χ2n) is 9.54. The first kappa shape index (κ1) is 20.6. The lowest BCUT2D eigenvalue weighted by atomic mass is 9.87. The van der Waals surface area contributed by atoms with Crippen LogP contribution in [0.15, 0.2) is 0 Å². The monoisotopic (exact) mass is 394 g/mol. The van der Waals surface area contributed by atoms with Gasteiger partial charge in [0.15, 0.2) is 0 Å². The highest BCUT2D eigenvalue weighted by Gasteiger charge is 2.38. The lowest BCUT2D eigenvalue weighted by molar-refractivity contribution is -0.158. The van der Waals surface area contributed by atoms with E-state index in [9.17, 15) is 9.90 Å². The molecule has 4 rings (SSSR count). The molecule has 2 aliphatic carbocycles. The molecule has 4 aliphatic rings. The number of hydrogen-bond acceptors (Lipinski definition) is 5. The molecule has 0 unspecified atom stereocenters. The first-order valence-corrected chi connectivity index (χ1v) is 11.6. The van der Waals surface area contributed by atoms with Crippen molar-refractivity contribution in [2.24, 2.45) is 11.8 Å².